The second-order valence-electron chi connectivity index (χ2n) is 6.95. The number of aryl methyl sites for hydroxylation is 1. The van der Waals surface area contributed by atoms with Gasteiger partial charge in [0.15, 0.2) is 0 Å². The first kappa shape index (κ1) is 16.0. The number of aliphatic hydroxyl groups excluding tert-OH is 1. The minimum Gasteiger partial charge on any atom is -0.396 e. The molecule has 2 N–H and O–H groups in total. The number of amides is 1. The third kappa shape index (κ3) is 4.57. The number of rotatable bonds is 7. The molecular weight excluding hydrogens is 262 g/mol. The van der Waals surface area contributed by atoms with Crippen molar-refractivity contribution in [1.29, 1.82) is 0 Å². The second-order valence-corrected chi connectivity index (χ2v) is 6.95. The first-order chi connectivity index (χ1) is 9.92. The molecule has 0 bridgehead atoms. The van der Waals surface area contributed by atoms with Crippen molar-refractivity contribution in [3.8, 4) is 0 Å². The fourth-order valence-electron chi connectivity index (χ4n) is 2.83. The van der Waals surface area contributed by atoms with Gasteiger partial charge in [-0.2, -0.15) is 0 Å². The summed E-state index contributed by atoms with van der Waals surface area (Å²) < 4.78 is 0. The van der Waals surface area contributed by atoms with Gasteiger partial charge in [-0.1, -0.05) is 43.7 Å². The summed E-state index contributed by atoms with van der Waals surface area (Å²) in [5.41, 5.74) is 2.24. The van der Waals surface area contributed by atoms with E-state index in [2.05, 4.69) is 50.4 Å². The van der Waals surface area contributed by atoms with Crippen molar-refractivity contribution in [2.45, 2.75) is 57.9 Å². The molecule has 2 rings (SSSR count). The fourth-order valence-corrected chi connectivity index (χ4v) is 2.83. The number of nitrogens with one attached hydrogen (secondary N) is 1. The van der Waals surface area contributed by atoms with Gasteiger partial charge in [0.25, 0.3) is 0 Å². The standard InChI is InChI=1S/C18H27NO2/c1-13-4-8-15(9-5-13)18(2,3)12-17(21)19-16(10-11-20)14-6-7-14/h4-5,8-9,14,16,20H,6-7,10-12H2,1-3H3,(H,19,21). The zero-order chi connectivity index (χ0) is 15.5. The quantitative estimate of drug-likeness (QED) is 0.811. The van der Waals surface area contributed by atoms with E-state index in [9.17, 15) is 4.79 Å². The molecule has 116 valence electrons. The van der Waals surface area contributed by atoms with Gasteiger partial charge in [0, 0.05) is 19.1 Å². The van der Waals surface area contributed by atoms with Crippen LogP contribution < -0.4 is 5.32 Å². The molecule has 1 fully saturated rings. The molecule has 0 aliphatic heterocycles. The average Bonchev–Trinajstić information content (AvgIpc) is 3.22. The molecule has 1 saturated carbocycles. The van der Waals surface area contributed by atoms with Gasteiger partial charge in [-0.25, -0.2) is 0 Å². The van der Waals surface area contributed by atoms with Crippen molar-refractivity contribution < 1.29 is 9.90 Å². The molecule has 1 aromatic rings. The number of benzene rings is 1. The zero-order valence-corrected chi connectivity index (χ0v) is 13.4. The summed E-state index contributed by atoms with van der Waals surface area (Å²) in [6, 6.07) is 8.54. The van der Waals surface area contributed by atoms with Crippen LogP contribution in [0.1, 0.15) is 50.7 Å². The third-order valence-corrected chi connectivity index (χ3v) is 4.41. The monoisotopic (exact) mass is 289 g/mol. The summed E-state index contributed by atoms with van der Waals surface area (Å²) in [6.45, 7) is 6.42. The van der Waals surface area contributed by atoms with Crippen LogP contribution in [0.5, 0.6) is 0 Å². The molecule has 0 radical (unpaired) electrons. The first-order valence-electron chi connectivity index (χ1n) is 7.90. The normalized spacial score (nSPS) is 16.6. The molecule has 1 aliphatic rings. The molecule has 21 heavy (non-hydrogen) atoms. The summed E-state index contributed by atoms with van der Waals surface area (Å²) in [5.74, 6) is 0.662. The number of aliphatic hydroxyl groups is 1. The Hall–Kier alpha value is -1.35. The van der Waals surface area contributed by atoms with Gasteiger partial charge in [0.05, 0.1) is 0 Å². The predicted molar refractivity (Wildman–Crippen MR) is 85.2 cm³/mol. The van der Waals surface area contributed by atoms with Crippen molar-refractivity contribution >= 4 is 5.91 Å². The van der Waals surface area contributed by atoms with Crippen molar-refractivity contribution in [3.05, 3.63) is 35.4 Å². The van der Waals surface area contributed by atoms with Gasteiger partial charge < -0.3 is 10.4 Å². The lowest BCUT2D eigenvalue weighted by atomic mass is 9.81. The van der Waals surface area contributed by atoms with Crippen LogP contribution in [0.3, 0.4) is 0 Å². The van der Waals surface area contributed by atoms with Crippen LogP contribution in [0.4, 0.5) is 0 Å². The summed E-state index contributed by atoms with van der Waals surface area (Å²) in [5, 5.41) is 12.2. The Labute approximate surface area is 127 Å². The van der Waals surface area contributed by atoms with Crippen LogP contribution in [0.2, 0.25) is 0 Å². The lowest BCUT2D eigenvalue weighted by Gasteiger charge is -2.26. The van der Waals surface area contributed by atoms with Crippen LogP contribution in [0.25, 0.3) is 0 Å². The fraction of sp³-hybridized carbons (Fsp3) is 0.611. The highest BCUT2D eigenvalue weighted by Crippen LogP contribution is 2.34. The maximum absolute atomic E-state index is 12.3. The molecule has 1 amide bonds. The molecule has 0 saturated heterocycles. The molecule has 3 nitrogen and oxygen atoms in total. The lowest BCUT2D eigenvalue weighted by Crippen LogP contribution is -2.39. The molecule has 3 heteroatoms. The minimum absolute atomic E-state index is 0.0888. The second kappa shape index (κ2) is 6.61. The van der Waals surface area contributed by atoms with Crippen molar-refractivity contribution in [2.24, 2.45) is 5.92 Å². The van der Waals surface area contributed by atoms with Gasteiger partial charge in [-0.05, 0) is 43.1 Å². The number of hydrogen-bond acceptors (Lipinski definition) is 2. The van der Waals surface area contributed by atoms with E-state index >= 15 is 0 Å². The lowest BCUT2D eigenvalue weighted by molar-refractivity contribution is -0.123. The predicted octanol–water partition coefficient (Wildman–Crippen LogP) is 2.94. The number of carbonyl (C=O) groups is 1. The Morgan fingerprint density at radius 2 is 1.95 bits per heavy atom. The zero-order valence-electron chi connectivity index (χ0n) is 13.4. The van der Waals surface area contributed by atoms with Gasteiger partial charge in [-0.15, -0.1) is 0 Å². The SMILES string of the molecule is Cc1ccc(C(C)(C)CC(=O)NC(CCO)C2CC2)cc1. The van der Waals surface area contributed by atoms with E-state index in [4.69, 9.17) is 5.11 Å². The molecule has 1 atom stereocenters. The van der Waals surface area contributed by atoms with Gasteiger partial charge >= 0.3 is 0 Å². The van der Waals surface area contributed by atoms with Crippen molar-refractivity contribution in [3.63, 3.8) is 0 Å². The van der Waals surface area contributed by atoms with Crippen LogP contribution in [-0.2, 0) is 10.2 Å². The third-order valence-electron chi connectivity index (χ3n) is 4.41. The Bertz CT molecular complexity index is 474. The Balaban J connectivity index is 1.95. The molecule has 1 unspecified atom stereocenters. The van der Waals surface area contributed by atoms with Crippen LogP contribution in [0, 0.1) is 12.8 Å². The molecule has 1 aromatic carbocycles. The van der Waals surface area contributed by atoms with Crippen molar-refractivity contribution in [1.82, 2.24) is 5.32 Å². The number of hydrogen-bond donors (Lipinski definition) is 2. The van der Waals surface area contributed by atoms with E-state index in [0.717, 1.165) is 0 Å². The highest BCUT2D eigenvalue weighted by atomic mass is 16.3. The van der Waals surface area contributed by atoms with Crippen LogP contribution >= 0.6 is 0 Å². The Morgan fingerprint density at radius 3 is 2.48 bits per heavy atom. The van der Waals surface area contributed by atoms with E-state index in [-0.39, 0.29) is 24.0 Å². The molecular formula is C18H27NO2. The minimum atomic E-state index is -0.175. The van der Waals surface area contributed by atoms with Crippen LogP contribution in [0.15, 0.2) is 24.3 Å². The van der Waals surface area contributed by atoms with E-state index < -0.39 is 0 Å². The summed E-state index contributed by atoms with van der Waals surface area (Å²) in [7, 11) is 0. The highest BCUT2D eigenvalue weighted by molar-refractivity contribution is 5.78. The molecule has 0 heterocycles. The summed E-state index contributed by atoms with van der Waals surface area (Å²) in [6.07, 6.45) is 3.49. The smallest absolute Gasteiger partial charge is 0.221 e. The number of carbonyl (C=O) groups excluding carboxylic acids is 1. The van der Waals surface area contributed by atoms with Gasteiger partial charge in [0.2, 0.25) is 5.91 Å². The maximum atomic E-state index is 12.3. The van der Waals surface area contributed by atoms with Gasteiger partial charge in [0.1, 0.15) is 0 Å². The largest absolute Gasteiger partial charge is 0.396 e. The molecule has 0 spiro atoms. The van der Waals surface area contributed by atoms with E-state index in [0.29, 0.717) is 18.8 Å². The topological polar surface area (TPSA) is 49.3 Å². The average molecular weight is 289 g/mol. The summed E-state index contributed by atoms with van der Waals surface area (Å²) in [4.78, 5) is 12.3. The van der Waals surface area contributed by atoms with Crippen LogP contribution in [-0.4, -0.2) is 23.7 Å². The Kier molecular flexibility index (Phi) is 5.04. The first-order valence-corrected chi connectivity index (χ1v) is 7.90. The molecule has 0 aromatic heterocycles. The van der Waals surface area contributed by atoms with Gasteiger partial charge in [-0.3, -0.25) is 4.79 Å². The van der Waals surface area contributed by atoms with E-state index in [1.807, 2.05) is 0 Å². The summed E-state index contributed by atoms with van der Waals surface area (Å²) >= 11 is 0. The maximum Gasteiger partial charge on any atom is 0.221 e. The van der Waals surface area contributed by atoms with E-state index in [1.165, 1.54) is 24.0 Å². The Morgan fingerprint density at radius 1 is 1.33 bits per heavy atom. The highest BCUT2D eigenvalue weighted by Gasteiger charge is 2.33. The van der Waals surface area contributed by atoms with Crippen molar-refractivity contribution in [2.75, 3.05) is 6.61 Å². The van der Waals surface area contributed by atoms with E-state index in [1.54, 1.807) is 0 Å². The molecule has 1 aliphatic carbocycles.